The molecule has 0 amide bonds. The van der Waals surface area contributed by atoms with Gasteiger partial charge in [0.25, 0.3) is 0 Å². The van der Waals surface area contributed by atoms with Gasteiger partial charge < -0.3 is 21.8 Å². The highest BCUT2D eigenvalue weighted by Crippen LogP contribution is 2.31. The molecule has 0 aliphatic heterocycles. The smallest absolute Gasteiger partial charge is 0.354 e. The first-order valence-electron chi connectivity index (χ1n) is 15.6. The second-order valence-electron chi connectivity index (χ2n) is 11.6. The zero-order valence-electron chi connectivity index (χ0n) is 26.5. The molecule has 2 aromatic heterocycles. The van der Waals surface area contributed by atoms with Gasteiger partial charge in [-0.15, -0.1) is 0 Å². The third-order valence-corrected chi connectivity index (χ3v) is 7.91. The van der Waals surface area contributed by atoms with Gasteiger partial charge in [0.15, 0.2) is 5.82 Å². The van der Waals surface area contributed by atoms with Gasteiger partial charge in [0.1, 0.15) is 5.65 Å². The molecule has 2 heterocycles. The van der Waals surface area contributed by atoms with Crippen molar-refractivity contribution in [2.45, 2.75) is 78.3 Å². The lowest BCUT2D eigenvalue weighted by atomic mass is 10.0. The molecule has 0 bridgehead atoms. The summed E-state index contributed by atoms with van der Waals surface area (Å²) in [4.78, 5) is 29.1. The van der Waals surface area contributed by atoms with E-state index in [9.17, 15) is 4.79 Å². The Morgan fingerprint density at radius 1 is 1.11 bits per heavy atom. The molecule has 2 atom stereocenters. The molecule has 4 rings (SSSR count). The number of aliphatic imine (C=N–C) groups is 2. The molecule has 0 spiro atoms. The number of aromatic amines is 1. The Morgan fingerprint density at radius 3 is 2.56 bits per heavy atom. The second kappa shape index (κ2) is 15.8. The molecular formula is C34H44ClFN8O. The predicted molar refractivity (Wildman–Crippen MR) is 184 cm³/mol. The Bertz CT molecular complexity index is 1700. The van der Waals surface area contributed by atoms with Crippen molar-refractivity contribution >= 4 is 34.3 Å². The third kappa shape index (κ3) is 9.25. The molecule has 0 aliphatic carbocycles. The molecule has 0 aliphatic rings. The van der Waals surface area contributed by atoms with E-state index in [1.165, 1.54) is 4.57 Å². The van der Waals surface area contributed by atoms with Gasteiger partial charge in [-0.25, -0.2) is 9.18 Å². The summed E-state index contributed by atoms with van der Waals surface area (Å²) in [6.45, 7) is 9.28. The molecule has 9 nitrogen and oxygen atoms in total. The minimum Gasteiger partial charge on any atom is -0.388 e. The Labute approximate surface area is 269 Å². The SMILES string of the molecule is CCCC(NCCCN=C(C)N)c1ccc(-n2cc3cc(-c4cc(CCCC(C)N=C(C)N)cc(Cl)c4F)[nH]c3nc2=O)cc1. The summed E-state index contributed by atoms with van der Waals surface area (Å²) in [7, 11) is 0. The van der Waals surface area contributed by atoms with Crippen molar-refractivity contribution in [3.8, 4) is 16.9 Å². The van der Waals surface area contributed by atoms with Gasteiger partial charge in [-0.2, -0.15) is 4.98 Å². The molecule has 0 saturated heterocycles. The molecule has 45 heavy (non-hydrogen) atoms. The molecule has 11 heteroatoms. The number of nitrogens with one attached hydrogen (secondary N) is 2. The maximum Gasteiger partial charge on any atom is 0.354 e. The van der Waals surface area contributed by atoms with Crippen LogP contribution in [-0.4, -0.2) is 45.3 Å². The zero-order chi connectivity index (χ0) is 32.5. The number of aryl methyl sites for hydroxylation is 1. The first kappa shape index (κ1) is 33.9. The molecular weight excluding hydrogens is 591 g/mol. The van der Waals surface area contributed by atoms with Crippen LogP contribution in [0.2, 0.25) is 5.02 Å². The number of nitrogens with zero attached hydrogens (tertiary/aromatic N) is 4. The number of H-pyrrole nitrogens is 1. The fourth-order valence-corrected chi connectivity index (χ4v) is 5.72. The van der Waals surface area contributed by atoms with Crippen molar-refractivity contribution in [1.82, 2.24) is 19.9 Å². The van der Waals surface area contributed by atoms with E-state index in [0.717, 1.165) is 49.8 Å². The number of halogens is 2. The van der Waals surface area contributed by atoms with Gasteiger partial charge in [0, 0.05) is 35.8 Å². The van der Waals surface area contributed by atoms with E-state index in [1.807, 2.05) is 31.2 Å². The minimum absolute atomic E-state index is 0.0488. The quantitative estimate of drug-likeness (QED) is 0.0675. The summed E-state index contributed by atoms with van der Waals surface area (Å²) in [6.07, 6.45) is 7.07. The lowest BCUT2D eigenvalue weighted by Crippen LogP contribution is -2.23. The van der Waals surface area contributed by atoms with Gasteiger partial charge in [-0.3, -0.25) is 14.6 Å². The number of aromatic nitrogens is 3. The number of hydrogen-bond donors (Lipinski definition) is 4. The van der Waals surface area contributed by atoms with Gasteiger partial charge in [0.05, 0.1) is 28.1 Å². The van der Waals surface area contributed by atoms with E-state index in [2.05, 4.69) is 32.2 Å². The molecule has 0 saturated carbocycles. The van der Waals surface area contributed by atoms with Crippen LogP contribution in [0.3, 0.4) is 0 Å². The summed E-state index contributed by atoms with van der Waals surface area (Å²) in [5.41, 5.74) is 14.9. The highest BCUT2D eigenvalue weighted by atomic mass is 35.5. The van der Waals surface area contributed by atoms with Crippen molar-refractivity contribution in [2.24, 2.45) is 21.5 Å². The van der Waals surface area contributed by atoms with E-state index in [-0.39, 0.29) is 17.1 Å². The lowest BCUT2D eigenvalue weighted by molar-refractivity contribution is 0.490. The summed E-state index contributed by atoms with van der Waals surface area (Å²) in [6, 6.07) is 13.5. The van der Waals surface area contributed by atoms with Crippen LogP contribution >= 0.6 is 11.6 Å². The summed E-state index contributed by atoms with van der Waals surface area (Å²) in [5, 5.41) is 4.34. The highest BCUT2D eigenvalue weighted by molar-refractivity contribution is 6.31. The normalized spacial score (nSPS) is 13.8. The molecule has 2 aromatic carbocycles. The van der Waals surface area contributed by atoms with Crippen LogP contribution in [0.25, 0.3) is 28.0 Å². The number of fused-ring (bicyclic) bond motifs is 1. The molecule has 4 aromatic rings. The van der Waals surface area contributed by atoms with Gasteiger partial charge >= 0.3 is 5.69 Å². The molecule has 0 fully saturated rings. The van der Waals surface area contributed by atoms with Crippen molar-refractivity contribution in [3.63, 3.8) is 0 Å². The summed E-state index contributed by atoms with van der Waals surface area (Å²) < 4.78 is 16.7. The van der Waals surface area contributed by atoms with Crippen LogP contribution in [0.4, 0.5) is 4.39 Å². The molecule has 240 valence electrons. The fraction of sp³-hybridized carbons (Fsp3) is 0.412. The number of amidine groups is 2. The van der Waals surface area contributed by atoms with Crippen molar-refractivity contribution < 1.29 is 4.39 Å². The Morgan fingerprint density at radius 2 is 1.87 bits per heavy atom. The molecule has 2 unspecified atom stereocenters. The van der Waals surface area contributed by atoms with Crippen molar-refractivity contribution in [3.05, 3.63) is 81.1 Å². The molecule has 6 N–H and O–H groups in total. The van der Waals surface area contributed by atoms with Crippen LogP contribution in [0.15, 0.2) is 63.4 Å². The number of nitrogens with two attached hydrogens (primary N) is 2. The fourth-order valence-electron chi connectivity index (χ4n) is 5.48. The second-order valence-corrected chi connectivity index (χ2v) is 12.0. The predicted octanol–water partition coefficient (Wildman–Crippen LogP) is 6.46. The van der Waals surface area contributed by atoms with E-state index >= 15 is 4.39 Å². The van der Waals surface area contributed by atoms with Crippen LogP contribution in [0.1, 0.15) is 77.0 Å². The maximum absolute atomic E-state index is 15.2. The molecule has 0 radical (unpaired) electrons. The van der Waals surface area contributed by atoms with E-state index in [4.69, 9.17) is 23.1 Å². The first-order chi connectivity index (χ1) is 21.5. The summed E-state index contributed by atoms with van der Waals surface area (Å²) in [5.74, 6) is 0.639. The Balaban J connectivity index is 1.53. The lowest BCUT2D eigenvalue weighted by Gasteiger charge is -2.19. The number of rotatable bonds is 15. The van der Waals surface area contributed by atoms with Crippen LogP contribution < -0.4 is 22.5 Å². The van der Waals surface area contributed by atoms with Gasteiger partial charge in [0.2, 0.25) is 0 Å². The minimum atomic E-state index is -0.521. The van der Waals surface area contributed by atoms with Crippen LogP contribution in [0.5, 0.6) is 0 Å². The van der Waals surface area contributed by atoms with Crippen LogP contribution in [0, 0.1) is 5.82 Å². The standard InChI is InChI=1S/C34H44ClFN8O/c1-5-8-30(40-16-7-15-39-22(3)37)25-11-13-27(14-12-25)44-20-26-19-31(42-33(26)43-34(44)45)28-17-24(18-29(35)32(28)36)10-6-9-21(2)41-23(4)38/h11-14,17-21,30,40H,5-10,15-16H2,1-4H3,(H2,37,39)(H2,38,41)(H,42,43,45). The maximum atomic E-state index is 15.2. The van der Waals surface area contributed by atoms with Gasteiger partial charge in [-0.05, 0) is 101 Å². The van der Waals surface area contributed by atoms with E-state index in [0.29, 0.717) is 52.6 Å². The number of hydrogen-bond acceptors (Lipinski definition) is 5. The average Bonchev–Trinajstić information content (AvgIpc) is 3.40. The Kier molecular flexibility index (Phi) is 11.9. The van der Waals surface area contributed by atoms with E-state index in [1.54, 1.807) is 38.2 Å². The zero-order valence-corrected chi connectivity index (χ0v) is 27.3. The van der Waals surface area contributed by atoms with Crippen LogP contribution in [-0.2, 0) is 6.42 Å². The van der Waals surface area contributed by atoms with E-state index < -0.39 is 11.5 Å². The first-order valence-corrected chi connectivity index (χ1v) is 15.9. The Hall–Kier alpha value is -4.02. The number of benzene rings is 2. The monoisotopic (exact) mass is 634 g/mol. The van der Waals surface area contributed by atoms with Crippen molar-refractivity contribution in [1.29, 1.82) is 0 Å². The largest absolute Gasteiger partial charge is 0.388 e. The average molecular weight is 635 g/mol. The highest BCUT2D eigenvalue weighted by Gasteiger charge is 2.16. The van der Waals surface area contributed by atoms with Gasteiger partial charge in [-0.1, -0.05) is 37.1 Å². The van der Waals surface area contributed by atoms with Crippen molar-refractivity contribution in [2.75, 3.05) is 13.1 Å². The topological polar surface area (TPSA) is 139 Å². The third-order valence-electron chi connectivity index (χ3n) is 7.64. The summed E-state index contributed by atoms with van der Waals surface area (Å²) >= 11 is 6.31.